The van der Waals surface area contributed by atoms with E-state index in [9.17, 15) is 0 Å². The summed E-state index contributed by atoms with van der Waals surface area (Å²) in [4.78, 5) is 0. The Morgan fingerprint density at radius 1 is 0.778 bits per heavy atom. The summed E-state index contributed by atoms with van der Waals surface area (Å²) < 4.78 is 6.75. The first-order valence-corrected chi connectivity index (χ1v) is 20.3. The summed E-state index contributed by atoms with van der Waals surface area (Å²) >= 11 is 0. The quantitative estimate of drug-likeness (QED) is 0.168. The van der Waals surface area contributed by atoms with Gasteiger partial charge in [-0.1, -0.05) is 133 Å². The van der Waals surface area contributed by atoms with Crippen LogP contribution in [0, 0.1) is 46.3 Å². The van der Waals surface area contributed by atoms with Crippen LogP contribution >= 0.6 is 7.92 Å². The molecule has 0 N–H and O–H groups in total. The summed E-state index contributed by atoms with van der Waals surface area (Å²) in [5.41, 5.74) is 3.35. The Bertz CT molecular complexity index is 1210. The Morgan fingerprint density at radius 2 is 1.47 bits per heavy atom. The van der Waals surface area contributed by atoms with Gasteiger partial charge in [-0.15, -0.1) is 0 Å². The molecule has 0 spiro atoms. The lowest BCUT2D eigenvalue weighted by Crippen LogP contribution is -2.51. The maximum absolute atomic E-state index is 6.75. The Balaban J connectivity index is 1.05. The van der Waals surface area contributed by atoms with E-state index in [-0.39, 0.29) is 7.92 Å². The highest BCUT2D eigenvalue weighted by Gasteiger charge is 2.59. The van der Waals surface area contributed by atoms with Gasteiger partial charge in [0, 0.05) is 6.61 Å². The van der Waals surface area contributed by atoms with Crippen molar-refractivity contribution >= 4 is 18.5 Å². The minimum atomic E-state index is -0.385. The van der Waals surface area contributed by atoms with Crippen LogP contribution in [0.3, 0.4) is 0 Å². The van der Waals surface area contributed by atoms with E-state index in [1.54, 1.807) is 5.57 Å². The van der Waals surface area contributed by atoms with Gasteiger partial charge in [-0.25, -0.2) is 0 Å². The summed E-state index contributed by atoms with van der Waals surface area (Å²) in [5.74, 6) is 5.45. The van der Waals surface area contributed by atoms with Crippen molar-refractivity contribution in [3.63, 3.8) is 0 Å². The maximum atomic E-state index is 6.75. The van der Waals surface area contributed by atoms with Crippen LogP contribution in [0.15, 0.2) is 72.3 Å². The predicted octanol–water partition coefficient (Wildman–Crippen LogP) is 11.3. The number of hydrogen-bond donors (Lipinski definition) is 0. The number of allylic oxidation sites excluding steroid dienone is 1. The Labute approximate surface area is 278 Å². The van der Waals surface area contributed by atoms with Gasteiger partial charge in [0.1, 0.15) is 0 Å². The van der Waals surface area contributed by atoms with E-state index in [2.05, 4.69) is 108 Å². The van der Waals surface area contributed by atoms with Gasteiger partial charge in [0.25, 0.3) is 0 Å². The molecule has 0 heterocycles. The van der Waals surface area contributed by atoms with Crippen molar-refractivity contribution in [3.8, 4) is 0 Å². The molecule has 1 nitrogen and oxygen atoms in total. The average molecular weight is 627 g/mol. The molecule has 3 saturated carbocycles. The minimum Gasteiger partial charge on any atom is -0.378 e. The highest BCUT2D eigenvalue weighted by molar-refractivity contribution is 7.73. The van der Waals surface area contributed by atoms with Crippen LogP contribution in [-0.2, 0) is 4.74 Å². The molecule has 0 aromatic heterocycles. The fraction of sp³-hybridized carbons (Fsp3) is 0.674. The molecule has 0 bridgehead atoms. The van der Waals surface area contributed by atoms with Crippen LogP contribution in [-0.4, -0.2) is 18.4 Å². The van der Waals surface area contributed by atoms with E-state index in [4.69, 9.17) is 4.74 Å². The summed E-state index contributed by atoms with van der Waals surface area (Å²) in [6.07, 6.45) is 19.6. The predicted molar refractivity (Wildman–Crippen MR) is 196 cm³/mol. The molecule has 9 atom stereocenters. The van der Waals surface area contributed by atoms with Gasteiger partial charge in [0.15, 0.2) is 0 Å². The van der Waals surface area contributed by atoms with Gasteiger partial charge >= 0.3 is 0 Å². The molecular weight excluding hydrogens is 563 g/mol. The van der Waals surface area contributed by atoms with Crippen LogP contribution in [0.4, 0.5) is 0 Å². The van der Waals surface area contributed by atoms with E-state index in [0.29, 0.717) is 22.6 Å². The Morgan fingerprint density at radius 3 is 2.13 bits per heavy atom. The molecule has 0 saturated heterocycles. The normalized spacial score (nSPS) is 34.1. The lowest BCUT2D eigenvalue weighted by molar-refractivity contribution is -0.0640. The zero-order valence-electron chi connectivity index (χ0n) is 29.5. The van der Waals surface area contributed by atoms with E-state index in [1.807, 2.05) is 0 Å². The van der Waals surface area contributed by atoms with Gasteiger partial charge in [0.05, 0.1) is 6.10 Å². The smallest absolute Gasteiger partial charge is 0.0612 e. The standard InChI is InChI=1S/C43H63OP/c1-31(2)14-13-15-32(3)39-22-23-40-38-21-20-34-30-35(24-27-42(34,5)41(38)25-28-43(39,40)6)44-29-26-33(4)45(36-16-9-7-10-17-36)37-18-11-8-12-19-37/h7-12,16-20,31-33,35,38-41H,13-15,21-30H2,1-6H3/t32-,33?,35+,38+,39-,40+,41+,42+,43-/m1/s1. The van der Waals surface area contributed by atoms with Crippen molar-refractivity contribution in [1.82, 2.24) is 0 Å². The van der Waals surface area contributed by atoms with Gasteiger partial charge in [-0.3, -0.25) is 0 Å². The molecule has 3 fully saturated rings. The molecule has 1 unspecified atom stereocenters. The number of fused-ring (bicyclic) bond motifs is 5. The number of ether oxygens (including phenoxy) is 1. The molecule has 4 aliphatic rings. The highest BCUT2D eigenvalue weighted by Crippen LogP contribution is 2.67. The molecule has 2 heteroatoms. The topological polar surface area (TPSA) is 9.23 Å². The van der Waals surface area contributed by atoms with Gasteiger partial charge in [-0.2, -0.15) is 0 Å². The molecule has 6 rings (SSSR count). The largest absolute Gasteiger partial charge is 0.378 e. The lowest BCUT2D eigenvalue weighted by atomic mass is 9.47. The van der Waals surface area contributed by atoms with Crippen molar-refractivity contribution in [2.24, 2.45) is 46.3 Å². The van der Waals surface area contributed by atoms with Crippen molar-refractivity contribution in [1.29, 1.82) is 0 Å². The first-order chi connectivity index (χ1) is 21.7. The summed E-state index contributed by atoms with van der Waals surface area (Å²) in [5, 5.41) is 2.97. The van der Waals surface area contributed by atoms with Crippen LogP contribution in [0.5, 0.6) is 0 Å². The number of rotatable bonds is 12. The molecule has 2 aromatic carbocycles. The first kappa shape index (κ1) is 33.5. The van der Waals surface area contributed by atoms with Gasteiger partial charge in [0.2, 0.25) is 0 Å². The van der Waals surface area contributed by atoms with E-state index >= 15 is 0 Å². The van der Waals surface area contributed by atoms with Gasteiger partial charge in [-0.05, 0) is 128 Å². The Kier molecular flexibility index (Phi) is 10.7. The molecule has 0 radical (unpaired) electrons. The van der Waals surface area contributed by atoms with Crippen molar-refractivity contribution < 1.29 is 4.74 Å². The average Bonchev–Trinajstić information content (AvgIpc) is 3.39. The van der Waals surface area contributed by atoms with Crippen LogP contribution in [0.1, 0.15) is 119 Å². The summed E-state index contributed by atoms with van der Waals surface area (Å²) in [6, 6.07) is 22.4. The minimum absolute atomic E-state index is 0.385. The van der Waals surface area contributed by atoms with E-state index in [1.165, 1.54) is 81.2 Å². The molecule has 0 aliphatic heterocycles. The maximum Gasteiger partial charge on any atom is 0.0612 e. The van der Waals surface area contributed by atoms with Gasteiger partial charge < -0.3 is 4.74 Å². The number of benzene rings is 2. The fourth-order valence-electron chi connectivity index (χ4n) is 11.2. The molecule has 0 amide bonds. The molecule has 2 aromatic rings. The van der Waals surface area contributed by atoms with Crippen molar-refractivity contribution in [2.45, 2.75) is 130 Å². The van der Waals surface area contributed by atoms with Crippen LogP contribution in [0.25, 0.3) is 0 Å². The van der Waals surface area contributed by atoms with Crippen LogP contribution in [0.2, 0.25) is 0 Å². The lowest BCUT2D eigenvalue weighted by Gasteiger charge is -2.58. The fourth-order valence-corrected chi connectivity index (χ4v) is 13.8. The van der Waals surface area contributed by atoms with E-state index in [0.717, 1.165) is 48.5 Å². The second-order valence-corrected chi connectivity index (χ2v) is 19.4. The summed E-state index contributed by atoms with van der Waals surface area (Å²) in [6.45, 7) is 16.1. The van der Waals surface area contributed by atoms with Crippen molar-refractivity contribution in [3.05, 3.63) is 72.3 Å². The third kappa shape index (κ3) is 6.93. The third-order valence-corrected chi connectivity index (χ3v) is 16.5. The number of hydrogen-bond acceptors (Lipinski definition) is 1. The summed E-state index contributed by atoms with van der Waals surface area (Å²) in [7, 11) is -0.385. The molecule has 4 aliphatic carbocycles. The van der Waals surface area contributed by atoms with Crippen molar-refractivity contribution in [2.75, 3.05) is 6.61 Å². The molecule has 45 heavy (non-hydrogen) atoms. The SMILES string of the molecule is CC(C)CCC[C@@H](C)[C@H]1CC[C@H]2[C@@H]3CC=C4C[C@@H](OCCC(C)P(c5ccccc5)c5ccccc5)CC[C@]4(C)[C@H]3CC[C@]12C. The van der Waals surface area contributed by atoms with Crippen LogP contribution < -0.4 is 10.6 Å². The molecule has 246 valence electrons. The zero-order valence-corrected chi connectivity index (χ0v) is 30.4. The molecular formula is C43H63OP. The van der Waals surface area contributed by atoms with E-state index < -0.39 is 0 Å². The monoisotopic (exact) mass is 626 g/mol. The highest BCUT2D eigenvalue weighted by atomic mass is 31.1. The Hall–Kier alpha value is -1.43. The first-order valence-electron chi connectivity index (χ1n) is 18.9. The second kappa shape index (κ2) is 14.4. The third-order valence-electron chi connectivity index (χ3n) is 13.7. The second-order valence-electron chi connectivity index (χ2n) is 16.7. The zero-order chi connectivity index (χ0) is 31.6.